The highest BCUT2D eigenvalue weighted by Gasteiger charge is 2.25. The number of benzene rings is 2. The summed E-state index contributed by atoms with van der Waals surface area (Å²) in [5, 5.41) is 9.60. The molecule has 2 aliphatic heterocycles. The predicted octanol–water partition coefficient (Wildman–Crippen LogP) is 4.26. The second-order valence-electron chi connectivity index (χ2n) is 11.7. The molecule has 0 radical (unpaired) electrons. The number of methoxy groups -OCH3 is 1. The van der Waals surface area contributed by atoms with Crippen molar-refractivity contribution in [2.45, 2.75) is 25.3 Å². The highest BCUT2D eigenvalue weighted by molar-refractivity contribution is 7.92. The molecule has 4 heterocycles. The van der Waals surface area contributed by atoms with Crippen molar-refractivity contribution in [3.05, 3.63) is 70.9 Å². The number of nitrogens with zero attached hydrogens (tertiary/aromatic N) is 5. The van der Waals surface area contributed by atoms with Gasteiger partial charge in [0.2, 0.25) is 21.9 Å². The Morgan fingerprint density at radius 2 is 1.83 bits per heavy atom. The van der Waals surface area contributed by atoms with Gasteiger partial charge in [0, 0.05) is 36.8 Å². The maximum Gasteiger partial charge on any atom is 0.338 e. The summed E-state index contributed by atoms with van der Waals surface area (Å²) in [5.41, 5.74) is 2.56. The average Bonchev–Trinajstić information content (AvgIpc) is 3.04. The van der Waals surface area contributed by atoms with Crippen LogP contribution in [0.15, 0.2) is 42.6 Å². The Kier molecular flexibility index (Phi) is 9.21. The molecular formula is C32H34F2N6O6S. The average molecular weight is 669 g/mol. The van der Waals surface area contributed by atoms with E-state index in [9.17, 15) is 17.6 Å². The number of rotatable bonds is 9. The maximum atomic E-state index is 15.3. The van der Waals surface area contributed by atoms with E-state index in [-0.39, 0.29) is 23.0 Å². The first-order valence-electron chi connectivity index (χ1n) is 15.1. The van der Waals surface area contributed by atoms with Gasteiger partial charge in [-0.15, -0.1) is 0 Å². The molecule has 12 nitrogen and oxygen atoms in total. The number of piperidine rings is 1. The van der Waals surface area contributed by atoms with E-state index in [2.05, 4.69) is 14.6 Å². The third kappa shape index (κ3) is 7.26. The molecule has 6 rings (SSSR count). The number of pyridine rings is 1. The van der Waals surface area contributed by atoms with Crippen molar-refractivity contribution >= 4 is 38.5 Å². The molecule has 0 saturated carbocycles. The van der Waals surface area contributed by atoms with Gasteiger partial charge in [0.25, 0.3) is 0 Å². The van der Waals surface area contributed by atoms with Gasteiger partial charge in [0.05, 0.1) is 43.4 Å². The third-order valence-corrected chi connectivity index (χ3v) is 9.01. The van der Waals surface area contributed by atoms with Crippen LogP contribution in [0.1, 0.15) is 40.2 Å². The molecule has 0 bridgehead atoms. The molecule has 2 aliphatic rings. The number of fused-ring (bicyclic) bond motifs is 1. The van der Waals surface area contributed by atoms with Gasteiger partial charge in [-0.1, -0.05) is 6.07 Å². The van der Waals surface area contributed by atoms with Gasteiger partial charge >= 0.3 is 5.97 Å². The number of hydrogen-bond donors (Lipinski definition) is 2. The maximum absolute atomic E-state index is 15.3. The first-order chi connectivity index (χ1) is 22.5. The number of likely N-dealkylation sites (tertiary alicyclic amines) is 1. The summed E-state index contributed by atoms with van der Waals surface area (Å²) in [5.74, 6) is -1.96. The summed E-state index contributed by atoms with van der Waals surface area (Å²) in [4.78, 5) is 29.5. The molecule has 0 amide bonds. The lowest BCUT2D eigenvalue weighted by atomic mass is 9.88. The minimum atomic E-state index is -3.67. The second kappa shape index (κ2) is 13.3. The molecule has 2 N–H and O–H groups in total. The summed E-state index contributed by atoms with van der Waals surface area (Å²) in [6.07, 6.45) is 3.95. The van der Waals surface area contributed by atoms with E-state index in [1.165, 1.54) is 37.6 Å². The minimum Gasteiger partial charge on any atom is -0.480 e. The number of sulfonamides is 1. The zero-order chi connectivity index (χ0) is 33.3. The number of hydrogen-bond acceptors (Lipinski definition) is 10. The van der Waals surface area contributed by atoms with Crippen LogP contribution in [0.5, 0.6) is 5.88 Å². The molecule has 47 heavy (non-hydrogen) atoms. The fourth-order valence-corrected chi connectivity index (χ4v) is 6.69. The number of ether oxygens (including phenoxy) is 2. The lowest BCUT2D eigenvalue weighted by Gasteiger charge is -2.32. The Balaban J connectivity index is 1.35. The van der Waals surface area contributed by atoms with Gasteiger partial charge in [-0.05, 0) is 73.3 Å². The lowest BCUT2D eigenvalue weighted by Crippen LogP contribution is -2.37. The van der Waals surface area contributed by atoms with Crippen LogP contribution in [-0.4, -0.2) is 92.1 Å². The first kappa shape index (κ1) is 32.5. The molecule has 4 aromatic rings. The van der Waals surface area contributed by atoms with Crippen LogP contribution < -0.4 is 14.4 Å². The van der Waals surface area contributed by atoms with Crippen LogP contribution in [0.3, 0.4) is 0 Å². The van der Waals surface area contributed by atoms with E-state index in [1.807, 2.05) is 4.90 Å². The van der Waals surface area contributed by atoms with Gasteiger partial charge in [-0.25, -0.2) is 36.9 Å². The number of carboxylic acids is 1. The number of aromatic nitrogens is 3. The van der Waals surface area contributed by atoms with Gasteiger partial charge in [0.15, 0.2) is 0 Å². The summed E-state index contributed by atoms with van der Waals surface area (Å²) in [6.45, 7) is 3.82. The summed E-state index contributed by atoms with van der Waals surface area (Å²) < 4.78 is 67.1. The fourth-order valence-electron chi connectivity index (χ4n) is 6.14. The summed E-state index contributed by atoms with van der Waals surface area (Å²) in [7, 11) is -2.29. The van der Waals surface area contributed by atoms with Gasteiger partial charge in [-0.2, -0.15) is 0 Å². The normalized spacial score (nSPS) is 16.4. The van der Waals surface area contributed by atoms with E-state index in [0.29, 0.717) is 92.5 Å². The van der Waals surface area contributed by atoms with E-state index >= 15 is 4.39 Å². The van der Waals surface area contributed by atoms with E-state index in [0.717, 1.165) is 11.8 Å². The van der Waals surface area contributed by atoms with Crippen LogP contribution in [0.4, 0.5) is 20.4 Å². The van der Waals surface area contributed by atoms with Crippen molar-refractivity contribution in [2.24, 2.45) is 0 Å². The number of aromatic carboxylic acids is 1. The summed E-state index contributed by atoms with van der Waals surface area (Å²) >= 11 is 0. The number of carboxylic acid groups (broad SMARTS) is 1. The lowest BCUT2D eigenvalue weighted by molar-refractivity contribution is 0.0691. The van der Waals surface area contributed by atoms with Crippen molar-refractivity contribution in [3.8, 4) is 17.1 Å². The Bertz CT molecular complexity index is 1930. The Morgan fingerprint density at radius 1 is 1.09 bits per heavy atom. The van der Waals surface area contributed by atoms with Crippen LogP contribution in [0.2, 0.25) is 0 Å². The number of carbonyl (C=O) groups is 1. The van der Waals surface area contributed by atoms with E-state index in [1.54, 1.807) is 12.1 Å². The molecule has 2 fully saturated rings. The number of morpholine rings is 1. The van der Waals surface area contributed by atoms with Crippen molar-refractivity contribution < 1.29 is 36.6 Å². The Morgan fingerprint density at radius 3 is 2.49 bits per heavy atom. The molecule has 0 unspecified atom stereocenters. The van der Waals surface area contributed by atoms with Crippen LogP contribution in [0, 0.1) is 11.6 Å². The molecule has 2 aromatic heterocycles. The van der Waals surface area contributed by atoms with E-state index in [4.69, 9.17) is 24.5 Å². The Hall–Kier alpha value is -4.47. The third-order valence-electron chi connectivity index (χ3n) is 8.42. The topological polar surface area (TPSA) is 147 Å². The second-order valence-corrected chi connectivity index (χ2v) is 13.4. The molecule has 2 aromatic carbocycles. The van der Waals surface area contributed by atoms with Crippen LogP contribution in [-0.2, 0) is 21.3 Å². The smallest absolute Gasteiger partial charge is 0.338 e. The molecule has 0 atom stereocenters. The van der Waals surface area contributed by atoms with Crippen molar-refractivity contribution in [1.29, 1.82) is 0 Å². The molecule has 0 spiro atoms. The molecule has 0 aliphatic carbocycles. The molecule has 248 valence electrons. The van der Waals surface area contributed by atoms with Crippen molar-refractivity contribution in [2.75, 3.05) is 62.4 Å². The number of anilines is 2. The predicted molar refractivity (Wildman–Crippen MR) is 171 cm³/mol. The largest absolute Gasteiger partial charge is 0.480 e. The van der Waals surface area contributed by atoms with Gasteiger partial charge in [-0.3, -0.25) is 9.62 Å². The number of halogens is 2. The van der Waals surface area contributed by atoms with E-state index < -0.39 is 27.6 Å². The SMILES string of the molecule is COc1ncc(-c2nc(N3CCOCC3)nc3c(CN4CCC(c5ccc(C(=O)O)c(F)c5)CC4)cc(F)cc23)cc1NS(C)(=O)=O. The fraction of sp³-hybridized carbons (Fsp3) is 0.375. The highest BCUT2D eigenvalue weighted by Crippen LogP contribution is 2.36. The highest BCUT2D eigenvalue weighted by atomic mass is 32.2. The van der Waals surface area contributed by atoms with Crippen molar-refractivity contribution in [3.63, 3.8) is 0 Å². The molecule has 15 heteroatoms. The van der Waals surface area contributed by atoms with Gasteiger partial charge < -0.3 is 19.5 Å². The zero-order valence-electron chi connectivity index (χ0n) is 25.9. The molecular weight excluding hydrogens is 634 g/mol. The quantitative estimate of drug-likeness (QED) is 0.264. The number of nitrogens with one attached hydrogen (secondary N) is 1. The standard InChI is InChI=1S/C32H34F2N6O6S/c1-45-30-27(38-47(2,43)44)15-21(17-35-30)28-25-16-23(33)13-22(29(25)37-32(36-28)40-9-11-46-12-10-40)18-39-7-5-19(6-8-39)20-3-4-24(31(41)42)26(34)14-20/h3-4,13-17,19,38H,5-12,18H2,1-2H3,(H,41,42). The van der Waals surface area contributed by atoms with Crippen LogP contribution >= 0.6 is 0 Å². The zero-order valence-corrected chi connectivity index (χ0v) is 26.7. The monoisotopic (exact) mass is 668 g/mol. The van der Waals surface area contributed by atoms with Crippen molar-refractivity contribution in [1.82, 2.24) is 19.9 Å². The minimum absolute atomic E-state index is 0.0620. The van der Waals surface area contributed by atoms with Crippen LogP contribution in [0.25, 0.3) is 22.2 Å². The van der Waals surface area contributed by atoms with Gasteiger partial charge in [0.1, 0.15) is 17.3 Å². The summed E-state index contributed by atoms with van der Waals surface area (Å²) in [6, 6.07) is 8.67. The molecule has 2 saturated heterocycles. The first-order valence-corrected chi connectivity index (χ1v) is 17.0. The Labute approximate surface area is 270 Å².